The standard InChI is InChI=1S/C13H25N3O2/c1-10-8-16(9-11(10)15(2)3)12(17)13(14)4-6-18-7-5-13/h10-11H,4-9,14H2,1-3H3. The number of ether oxygens (including phenoxy) is 1. The zero-order valence-corrected chi connectivity index (χ0v) is 11.7. The maximum absolute atomic E-state index is 12.6. The number of likely N-dealkylation sites (N-methyl/N-ethyl adjacent to an activating group) is 1. The van der Waals surface area contributed by atoms with Gasteiger partial charge < -0.3 is 20.3 Å². The van der Waals surface area contributed by atoms with Gasteiger partial charge in [-0.1, -0.05) is 6.92 Å². The van der Waals surface area contributed by atoms with Crippen LogP contribution in [0.1, 0.15) is 19.8 Å². The lowest BCUT2D eigenvalue weighted by molar-refractivity contribution is -0.139. The number of nitrogens with two attached hydrogens (primary N) is 1. The van der Waals surface area contributed by atoms with Gasteiger partial charge in [-0.25, -0.2) is 0 Å². The van der Waals surface area contributed by atoms with Crippen LogP contribution in [-0.2, 0) is 9.53 Å². The summed E-state index contributed by atoms with van der Waals surface area (Å²) in [7, 11) is 4.14. The minimum Gasteiger partial charge on any atom is -0.381 e. The number of amides is 1. The second kappa shape index (κ2) is 5.15. The fourth-order valence-electron chi connectivity index (χ4n) is 3.05. The molecule has 0 spiro atoms. The number of nitrogens with zero attached hydrogens (tertiary/aromatic N) is 2. The van der Waals surface area contributed by atoms with Gasteiger partial charge >= 0.3 is 0 Å². The summed E-state index contributed by atoms with van der Waals surface area (Å²) in [6.07, 6.45) is 1.28. The number of carbonyl (C=O) groups is 1. The molecule has 1 amide bonds. The predicted octanol–water partition coefficient (Wildman–Crippen LogP) is -0.0972. The molecule has 18 heavy (non-hydrogen) atoms. The number of carbonyl (C=O) groups excluding carboxylic acids is 1. The molecule has 2 rings (SSSR count). The highest BCUT2D eigenvalue weighted by molar-refractivity contribution is 5.86. The van der Waals surface area contributed by atoms with E-state index in [1.54, 1.807) is 0 Å². The minimum atomic E-state index is -0.695. The van der Waals surface area contributed by atoms with Crippen molar-refractivity contribution in [3.63, 3.8) is 0 Å². The van der Waals surface area contributed by atoms with Gasteiger partial charge in [-0.3, -0.25) is 4.79 Å². The Morgan fingerprint density at radius 3 is 2.44 bits per heavy atom. The third kappa shape index (κ3) is 2.53. The van der Waals surface area contributed by atoms with Gasteiger partial charge in [0.2, 0.25) is 5.91 Å². The van der Waals surface area contributed by atoms with E-state index in [9.17, 15) is 4.79 Å². The molecule has 0 radical (unpaired) electrons. The number of hydrogen-bond acceptors (Lipinski definition) is 4. The molecular formula is C13H25N3O2. The van der Waals surface area contributed by atoms with Crippen molar-refractivity contribution in [3.8, 4) is 0 Å². The smallest absolute Gasteiger partial charge is 0.242 e. The fourth-order valence-corrected chi connectivity index (χ4v) is 3.05. The Bertz CT molecular complexity index is 313. The second-order valence-electron chi connectivity index (χ2n) is 5.99. The number of likely N-dealkylation sites (tertiary alicyclic amines) is 1. The molecule has 2 atom stereocenters. The summed E-state index contributed by atoms with van der Waals surface area (Å²) in [6.45, 7) is 5.02. The van der Waals surface area contributed by atoms with Crippen LogP contribution in [-0.4, -0.2) is 67.7 Å². The van der Waals surface area contributed by atoms with Gasteiger partial charge in [-0.2, -0.15) is 0 Å². The lowest BCUT2D eigenvalue weighted by Gasteiger charge is -2.35. The molecule has 2 N–H and O–H groups in total. The van der Waals surface area contributed by atoms with Crippen LogP contribution in [0.15, 0.2) is 0 Å². The van der Waals surface area contributed by atoms with Gasteiger partial charge in [0.1, 0.15) is 0 Å². The summed E-state index contributed by atoms with van der Waals surface area (Å²) in [5.74, 6) is 0.620. The van der Waals surface area contributed by atoms with E-state index in [0.717, 1.165) is 13.1 Å². The highest BCUT2D eigenvalue weighted by atomic mass is 16.5. The lowest BCUT2D eigenvalue weighted by Crippen LogP contribution is -2.57. The summed E-state index contributed by atoms with van der Waals surface area (Å²) in [4.78, 5) is 16.7. The number of hydrogen-bond donors (Lipinski definition) is 1. The van der Waals surface area contributed by atoms with E-state index in [-0.39, 0.29) is 5.91 Å². The third-order valence-corrected chi connectivity index (χ3v) is 4.33. The first-order valence-corrected chi connectivity index (χ1v) is 6.76. The van der Waals surface area contributed by atoms with Crippen molar-refractivity contribution >= 4 is 5.91 Å². The van der Waals surface area contributed by atoms with E-state index >= 15 is 0 Å². The van der Waals surface area contributed by atoms with E-state index in [1.165, 1.54) is 0 Å². The molecule has 2 heterocycles. The molecule has 0 saturated carbocycles. The molecular weight excluding hydrogens is 230 g/mol. The summed E-state index contributed by atoms with van der Waals surface area (Å²) in [6, 6.07) is 0.442. The van der Waals surface area contributed by atoms with E-state index < -0.39 is 5.54 Å². The first-order chi connectivity index (χ1) is 8.44. The maximum atomic E-state index is 12.6. The molecule has 0 aliphatic carbocycles. The molecule has 0 bridgehead atoms. The molecule has 2 unspecified atom stereocenters. The Morgan fingerprint density at radius 2 is 1.94 bits per heavy atom. The van der Waals surface area contributed by atoms with E-state index in [2.05, 4.69) is 25.9 Å². The average molecular weight is 255 g/mol. The Balaban J connectivity index is 2.02. The van der Waals surface area contributed by atoms with Gasteiger partial charge in [0.15, 0.2) is 0 Å². The molecule has 5 nitrogen and oxygen atoms in total. The summed E-state index contributed by atoms with van der Waals surface area (Å²) in [5.41, 5.74) is 5.57. The summed E-state index contributed by atoms with van der Waals surface area (Å²) < 4.78 is 5.30. The van der Waals surface area contributed by atoms with Crippen molar-refractivity contribution < 1.29 is 9.53 Å². The first kappa shape index (κ1) is 13.8. The van der Waals surface area contributed by atoms with Gasteiger partial charge in [0.05, 0.1) is 5.54 Å². The van der Waals surface area contributed by atoms with Crippen molar-refractivity contribution in [3.05, 3.63) is 0 Å². The van der Waals surface area contributed by atoms with Crippen molar-refractivity contribution in [2.45, 2.75) is 31.3 Å². The normalized spacial score (nSPS) is 31.9. The predicted molar refractivity (Wildman–Crippen MR) is 70.2 cm³/mol. The minimum absolute atomic E-state index is 0.113. The quantitative estimate of drug-likeness (QED) is 0.749. The van der Waals surface area contributed by atoms with Crippen LogP contribution in [0, 0.1) is 5.92 Å². The molecule has 2 saturated heterocycles. The summed E-state index contributed by atoms with van der Waals surface area (Å²) in [5, 5.41) is 0. The van der Waals surface area contributed by atoms with Crippen molar-refractivity contribution in [2.24, 2.45) is 11.7 Å². The monoisotopic (exact) mass is 255 g/mol. The second-order valence-corrected chi connectivity index (χ2v) is 5.99. The van der Waals surface area contributed by atoms with Crippen LogP contribution >= 0.6 is 0 Å². The van der Waals surface area contributed by atoms with Gasteiger partial charge in [-0.05, 0) is 32.9 Å². The lowest BCUT2D eigenvalue weighted by atomic mass is 9.90. The SMILES string of the molecule is CC1CN(C(=O)C2(N)CCOCC2)CC1N(C)C. The maximum Gasteiger partial charge on any atom is 0.242 e. The zero-order chi connectivity index (χ0) is 13.3. The Labute approximate surface area is 109 Å². The van der Waals surface area contributed by atoms with Crippen molar-refractivity contribution in [1.29, 1.82) is 0 Å². The van der Waals surface area contributed by atoms with Gasteiger partial charge in [0.25, 0.3) is 0 Å². The molecule has 2 fully saturated rings. The third-order valence-electron chi connectivity index (χ3n) is 4.33. The molecule has 0 aromatic rings. The molecule has 5 heteroatoms. The molecule has 104 valence electrons. The highest BCUT2D eigenvalue weighted by Crippen LogP contribution is 2.26. The van der Waals surface area contributed by atoms with Crippen LogP contribution in [0.5, 0.6) is 0 Å². The van der Waals surface area contributed by atoms with Crippen LogP contribution in [0.2, 0.25) is 0 Å². The molecule has 2 aliphatic rings. The molecule has 2 aliphatic heterocycles. The zero-order valence-electron chi connectivity index (χ0n) is 11.7. The van der Waals surface area contributed by atoms with Crippen molar-refractivity contribution in [2.75, 3.05) is 40.4 Å². The highest BCUT2D eigenvalue weighted by Gasteiger charge is 2.43. The molecule has 0 aromatic carbocycles. The van der Waals surface area contributed by atoms with Gasteiger partial charge in [-0.15, -0.1) is 0 Å². The largest absolute Gasteiger partial charge is 0.381 e. The van der Waals surface area contributed by atoms with Gasteiger partial charge in [0, 0.05) is 32.3 Å². The average Bonchev–Trinajstić information content (AvgIpc) is 2.71. The van der Waals surface area contributed by atoms with Crippen LogP contribution in [0.25, 0.3) is 0 Å². The first-order valence-electron chi connectivity index (χ1n) is 6.76. The summed E-state index contributed by atoms with van der Waals surface area (Å²) >= 11 is 0. The van der Waals surface area contributed by atoms with Crippen molar-refractivity contribution in [1.82, 2.24) is 9.80 Å². The van der Waals surface area contributed by atoms with E-state index in [4.69, 9.17) is 10.5 Å². The van der Waals surface area contributed by atoms with E-state index in [0.29, 0.717) is 38.0 Å². The Hall–Kier alpha value is -0.650. The topological polar surface area (TPSA) is 58.8 Å². The van der Waals surface area contributed by atoms with Crippen LogP contribution in [0.4, 0.5) is 0 Å². The van der Waals surface area contributed by atoms with E-state index in [1.807, 2.05) is 4.90 Å². The fraction of sp³-hybridized carbons (Fsp3) is 0.923. The van der Waals surface area contributed by atoms with Crippen LogP contribution < -0.4 is 5.73 Å². The number of rotatable bonds is 2. The Morgan fingerprint density at radius 1 is 1.33 bits per heavy atom. The molecule has 0 aromatic heterocycles. The Kier molecular flexibility index (Phi) is 3.94. The van der Waals surface area contributed by atoms with Crippen LogP contribution in [0.3, 0.4) is 0 Å².